The zero-order chi connectivity index (χ0) is 13.6. The van der Waals surface area contributed by atoms with Crippen molar-refractivity contribution in [3.63, 3.8) is 0 Å². The van der Waals surface area contributed by atoms with Crippen molar-refractivity contribution in [3.8, 4) is 0 Å². The molecular formula is C13H11NO4S. The Bertz CT molecular complexity index is 584. The predicted octanol–water partition coefficient (Wildman–Crippen LogP) is 1.35. The van der Waals surface area contributed by atoms with Gasteiger partial charge in [-0.05, 0) is 29.5 Å². The molecule has 0 aromatic carbocycles. The van der Waals surface area contributed by atoms with Gasteiger partial charge in [0, 0.05) is 11.0 Å². The molecule has 3 rings (SSSR count). The topological polar surface area (TPSA) is 74.7 Å². The minimum Gasteiger partial charge on any atom is -0.478 e. The first kappa shape index (κ1) is 12.1. The monoisotopic (exact) mass is 277 g/mol. The van der Waals surface area contributed by atoms with Crippen molar-refractivity contribution in [2.24, 2.45) is 11.8 Å². The molecule has 1 saturated carbocycles. The number of hydrogen-bond acceptors (Lipinski definition) is 4. The van der Waals surface area contributed by atoms with Crippen molar-refractivity contribution in [3.05, 3.63) is 28.0 Å². The number of rotatable bonds is 4. The van der Waals surface area contributed by atoms with Gasteiger partial charge >= 0.3 is 5.97 Å². The van der Waals surface area contributed by atoms with E-state index in [4.69, 9.17) is 5.11 Å². The maximum atomic E-state index is 11.8. The fourth-order valence-corrected chi connectivity index (χ4v) is 3.14. The van der Waals surface area contributed by atoms with Crippen LogP contribution in [-0.2, 0) is 20.9 Å². The average molecular weight is 277 g/mol. The van der Waals surface area contributed by atoms with Crippen LogP contribution in [-0.4, -0.2) is 27.8 Å². The molecule has 0 bridgehead atoms. The summed E-state index contributed by atoms with van der Waals surface area (Å²) < 4.78 is 0. The highest BCUT2D eigenvalue weighted by Crippen LogP contribution is 2.47. The number of amides is 2. The molecule has 5 nitrogen and oxygen atoms in total. The molecule has 6 heteroatoms. The summed E-state index contributed by atoms with van der Waals surface area (Å²) in [6, 6.07) is 1.80. The number of fused-ring (bicyclic) bond motifs is 1. The van der Waals surface area contributed by atoms with Crippen molar-refractivity contribution in [2.45, 2.75) is 13.0 Å². The normalized spacial score (nSPS) is 25.2. The zero-order valence-corrected chi connectivity index (χ0v) is 10.7. The second-order valence-electron chi connectivity index (χ2n) is 4.73. The Kier molecular flexibility index (Phi) is 2.74. The Labute approximate surface area is 113 Å². The van der Waals surface area contributed by atoms with Gasteiger partial charge < -0.3 is 5.11 Å². The first-order chi connectivity index (χ1) is 9.06. The van der Waals surface area contributed by atoms with Crippen LogP contribution in [0.25, 0.3) is 6.08 Å². The third-order valence-electron chi connectivity index (χ3n) is 3.36. The Morgan fingerprint density at radius 2 is 2.11 bits per heavy atom. The lowest BCUT2D eigenvalue weighted by Crippen LogP contribution is -2.31. The van der Waals surface area contributed by atoms with Gasteiger partial charge in [-0.2, -0.15) is 0 Å². The Hall–Kier alpha value is -1.95. The molecule has 98 valence electrons. The molecule has 2 fully saturated rings. The Morgan fingerprint density at radius 3 is 2.74 bits per heavy atom. The molecular weight excluding hydrogens is 266 g/mol. The lowest BCUT2D eigenvalue weighted by atomic mass is 10.2. The van der Waals surface area contributed by atoms with Gasteiger partial charge in [0.25, 0.3) is 0 Å². The number of carboxylic acid groups (broad SMARTS) is 1. The number of carbonyl (C=O) groups excluding carboxylic acids is 2. The van der Waals surface area contributed by atoms with E-state index in [1.165, 1.54) is 22.3 Å². The number of carbonyl (C=O) groups is 3. The highest BCUT2D eigenvalue weighted by Gasteiger charge is 2.58. The number of imide groups is 1. The Balaban J connectivity index is 1.69. The second kappa shape index (κ2) is 4.31. The molecule has 0 radical (unpaired) electrons. The molecule has 19 heavy (non-hydrogen) atoms. The summed E-state index contributed by atoms with van der Waals surface area (Å²) in [6.07, 6.45) is 3.27. The van der Waals surface area contributed by atoms with Gasteiger partial charge in [0.2, 0.25) is 11.8 Å². The van der Waals surface area contributed by atoms with Crippen LogP contribution in [0.3, 0.4) is 0 Å². The first-order valence-electron chi connectivity index (χ1n) is 5.90. The van der Waals surface area contributed by atoms with Crippen LogP contribution in [0, 0.1) is 11.8 Å². The highest BCUT2D eigenvalue weighted by molar-refractivity contribution is 7.10. The predicted molar refractivity (Wildman–Crippen MR) is 68.1 cm³/mol. The lowest BCUT2D eigenvalue weighted by Gasteiger charge is -2.14. The van der Waals surface area contributed by atoms with Crippen LogP contribution >= 0.6 is 11.3 Å². The lowest BCUT2D eigenvalue weighted by molar-refractivity contribution is -0.142. The highest BCUT2D eigenvalue weighted by atomic mass is 32.1. The molecule has 0 spiro atoms. The van der Waals surface area contributed by atoms with E-state index in [0.29, 0.717) is 13.0 Å². The molecule has 1 saturated heterocycles. The van der Waals surface area contributed by atoms with Gasteiger partial charge in [0.1, 0.15) is 0 Å². The van der Waals surface area contributed by atoms with E-state index in [0.717, 1.165) is 16.5 Å². The molecule has 1 aliphatic carbocycles. The average Bonchev–Trinajstić information content (AvgIpc) is 2.98. The summed E-state index contributed by atoms with van der Waals surface area (Å²) >= 11 is 1.42. The van der Waals surface area contributed by atoms with E-state index in [-0.39, 0.29) is 23.7 Å². The number of thiophene rings is 1. The maximum Gasteiger partial charge on any atom is 0.328 e. The summed E-state index contributed by atoms with van der Waals surface area (Å²) in [5.41, 5.74) is 0.770. The molecule has 2 heterocycles. The molecule has 2 aliphatic rings. The Morgan fingerprint density at radius 1 is 1.42 bits per heavy atom. The van der Waals surface area contributed by atoms with Gasteiger partial charge in [-0.25, -0.2) is 4.79 Å². The fraction of sp³-hybridized carbons (Fsp3) is 0.308. The van der Waals surface area contributed by atoms with Crippen molar-refractivity contribution in [2.75, 3.05) is 0 Å². The summed E-state index contributed by atoms with van der Waals surface area (Å²) in [5.74, 6) is -1.27. The quantitative estimate of drug-likeness (QED) is 0.666. The van der Waals surface area contributed by atoms with E-state index in [1.807, 2.05) is 0 Å². The maximum absolute atomic E-state index is 11.8. The van der Waals surface area contributed by atoms with E-state index < -0.39 is 5.97 Å². The number of hydrogen-bond donors (Lipinski definition) is 1. The summed E-state index contributed by atoms with van der Waals surface area (Å²) in [4.78, 5) is 36.2. The SMILES string of the molecule is O=C(O)C=Cc1csc(CN2C(=O)C3CC3C2=O)c1. The van der Waals surface area contributed by atoms with Gasteiger partial charge in [-0.3, -0.25) is 14.5 Å². The van der Waals surface area contributed by atoms with Gasteiger partial charge in [0.15, 0.2) is 0 Å². The van der Waals surface area contributed by atoms with Crippen molar-refractivity contribution in [1.29, 1.82) is 0 Å². The van der Waals surface area contributed by atoms with Crippen LogP contribution in [0.4, 0.5) is 0 Å². The van der Waals surface area contributed by atoms with Crippen molar-refractivity contribution in [1.82, 2.24) is 4.90 Å². The number of likely N-dealkylation sites (tertiary alicyclic amines) is 1. The number of carboxylic acids is 1. The molecule has 2 atom stereocenters. The fourth-order valence-electron chi connectivity index (χ4n) is 2.30. The molecule has 1 aromatic heterocycles. The molecule has 1 N–H and O–H groups in total. The second-order valence-corrected chi connectivity index (χ2v) is 5.73. The van der Waals surface area contributed by atoms with Crippen LogP contribution in [0.15, 0.2) is 17.5 Å². The van der Waals surface area contributed by atoms with Gasteiger partial charge in [-0.15, -0.1) is 11.3 Å². The molecule has 1 aliphatic heterocycles. The van der Waals surface area contributed by atoms with Crippen LogP contribution in [0.5, 0.6) is 0 Å². The molecule has 2 amide bonds. The van der Waals surface area contributed by atoms with Gasteiger partial charge in [0.05, 0.1) is 18.4 Å². The smallest absolute Gasteiger partial charge is 0.328 e. The first-order valence-corrected chi connectivity index (χ1v) is 6.78. The van der Waals surface area contributed by atoms with E-state index in [9.17, 15) is 14.4 Å². The molecule has 2 unspecified atom stereocenters. The summed E-state index contributed by atoms with van der Waals surface area (Å²) in [7, 11) is 0. The van der Waals surface area contributed by atoms with Crippen LogP contribution in [0.2, 0.25) is 0 Å². The third-order valence-corrected chi connectivity index (χ3v) is 4.30. The van der Waals surface area contributed by atoms with Crippen LogP contribution < -0.4 is 0 Å². The third kappa shape index (κ3) is 2.19. The summed E-state index contributed by atoms with van der Waals surface area (Å²) in [5, 5.41) is 10.3. The largest absolute Gasteiger partial charge is 0.478 e. The minimum atomic E-state index is -1.00. The summed E-state index contributed by atoms with van der Waals surface area (Å²) in [6.45, 7) is 0.302. The number of aliphatic carboxylic acids is 1. The molecule has 1 aromatic rings. The van der Waals surface area contributed by atoms with E-state index >= 15 is 0 Å². The number of piperidine rings is 1. The van der Waals surface area contributed by atoms with E-state index in [2.05, 4.69) is 0 Å². The van der Waals surface area contributed by atoms with E-state index in [1.54, 1.807) is 11.4 Å². The zero-order valence-electron chi connectivity index (χ0n) is 9.91. The van der Waals surface area contributed by atoms with Crippen molar-refractivity contribution >= 4 is 35.2 Å². The van der Waals surface area contributed by atoms with Gasteiger partial charge in [-0.1, -0.05) is 0 Å². The van der Waals surface area contributed by atoms with Crippen LogP contribution in [0.1, 0.15) is 16.9 Å². The minimum absolute atomic E-state index is 0.0639. The van der Waals surface area contributed by atoms with Crippen molar-refractivity contribution < 1.29 is 19.5 Å². The standard InChI is InChI=1S/C13H11NO4S/c15-11(16)2-1-7-3-8(19-6-7)5-14-12(17)9-4-10(9)13(14)18/h1-3,6,9-10H,4-5H2,(H,15,16). The number of nitrogens with zero attached hydrogens (tertiary/aromatic N) is 1.